The van der Waals surface area contributed by atoms with Gasteiger partial charge in [-0.15, -0.1) is 0 Å². The molecule has 0 fully saturated rings. The summed E-state index contributed by atoms with van der Waals surface area (Å²) in [6.45, 7) is 2.23. The van der Waals surface area contributed by atoms with Crippen molar-refractivity contribution in [2.45, 2.75) is 24.8 Å². The molecule has 0 aliphatic heterocycles. The first-order valence-electron chi connectivity index (χ1n) is 7.26. The summed E-state index contributed by atoms with van der Waals surface area (Å²) >= 11 is 0.357. The van der Waals surface area contributed by atoms with Crippen LogP contribution >= 0.6 is 11.8 Å². The van der Waals surface area contributed by atoms with Gasteiger partial charge in [0, 0.05) is 6.92 Å². The molecule has 0 saturated carbocycles. The Morgan fingerprint density at radius 1 is 0.960 bits per heavy atom. The normalized spacial score (nSPS) is 14.0. The van der Waals surface area contributed by atoms with Gasteiger partial charge in [0.15, 0.2) is 5.12 Å². The van der Waals surface area contributed by atoms with Crippen LogP contribution in [0.25, 0.3) is 11.1 Å². The Bertz CT molecular complexity index is 803. The van der Waals surface area contributed by atoms with Gasteiger partial charge in [-0.25, -0.2) is 0 Å². The number of carboxylic acids is 1. The molecule has 0 aromatic heterocycles. The molecule has 1 unspecified atom stereocenters. The lowest BCUT2D eigenvalue weighted by atomic mass is 9.91. The Balaban J connectivity index is 2.70. The van der Waals surface area contributed by atoms with Gasteiger partial charge < -0.3 is 5.11 Å². The molecule has 2 aromatic carbocycles. The summed E-state index contributed by atoms with van der Waals surface area (Å²) < 4.78 is 38.7. The van der Waals surface area contributed by atoms with Gasteiger partial charge in [-0.2, -0.15) is 13.2 Å². The molecule has 2 aromatic rings. The monoisotopic (exact) mass is 368 g/mol. The molecule has 3 nitrogen and oxygen atoms in total. The molecule has 25 heavy (non-hydrogen) atoms. The van der Waals surface area contributed by atoms with E-state index in [1.807, 2.05) is 0 Å². The molecular formula is C18H15F3O3S. The second-order valence-corrected chi connectivity index (χ2v) is 7.15. The standard InChI is InChI=1S/C18H15F3O3S/c1-11(22)25-17(2,16(23)24)14-9-8-13(10-15(14)18(19,20)21)12-6-4-3-5-7-12/h3-10H,1-2H3,(H,23,24). The van der Waals surface area contributed by atoms with Crippen LogP contribution in [0.1, 0.15) is 25.0 Å². The van der Waals surface area contributed by atoms with E-state index >= 15 is 0 Å². The molecule has 7 heteroatoms. The van der Waals surface area contributed by atoms with Crippen LogP contribution < -0.4 is 0 Å². The highest BCUT2D eigenvalue weighted by Gasteiger charge is 2.45. The Hall–Kier alpha value is -2.28. The smallest absolute Gasteiger partial charge is 0.416 e. The number of hydrogen-bond donors (Lipinski definition) is 1. The van der Waals surface area contributed by atoms with Crippen molar-refractivity contribution < 1.29 is 27.9 Å². The zero-order chi connectivity index (χ0) is 18.8. The number of carbonyl (C=O) groups is 2. The van der Waals surface area contributed by atoms with Crippen LogP contribution in [0, 0.1) is 0 Å². The number of benzene rings is 2. The van der Waals surface area contributed by atoms with Gasteiger partial charge in [-0.3, -0.25) is 9.59 Å². The predicted octanol–water partition coefficient (Wildman–Crippen LogP) is 4.95. The van der Waals surface area contributed by atoms with Gasteiger partial charge in [0.1, 0.15) is 4.75 Å². The average molecular weight is 368 g/mol. The van der Waals surface area contributed by atoms with Crippen LogP contribution in [0.5, 0.6) is 0 Å². The van der Waals surface area contributed by atoms with Crippen molar-refractivity contribution in [2.75, 3.05) is 0 Å². The molecule has 0 aliphatic rings. The van der Waals surface area contributed by atoms with E-state index in [0.29, 0.717) is 22.9 Å². The molecule has 1 N–H and O–H groups in total. The van der Waals surface area contributed by atoms with E-state index in [4.69, 9.17) is 0 Å². The van der Waals surface area contributed by atoms with Gasteiger partial charge in [0.25, 0.3) is 0 Å². The number of alkyl halides is 3. The number of aliphatic carboxylic acids is 1. The van der Waals surface area contributed by atoms with E-state index in [0.717, 1.165) is 26.0 Å². The highest BCUT2D eigenvalue weighted by molar-refractivity contribution is 8.14. The zero-order valence-corrected chi connectivity index (χ0v) is 14.2. The first-order chi connectivity index (χ1) is 11.6. The number of hydrogen-bond acceptors (Lipinski definition) is 3. The topological polar surface area (TPSA) is 54.4 Å². The number of thioether (sulfide) groups is 1. The fourth-order valence-electron chi connectivity index (χ4n) is 2.51. The van der Waals surface area contributed by atoms with Gasteiger partial charge >= 0.3 is 12.1 Å². The third-order valence-electron chi connectivity index (χ3n) is 3.70. The Kier molecular flexibility index (Phi) is 5.27. The Labute approximate surface area is 146 Å². The summed E-state index contributed by atoms with van der Waals surface area (Å²) in [6, 6.07) is 12.0. The number of carbonyl (C=O) groups excluding carboxylic acids is 1. The molecule has 0 heterocycles. The van der Waals surface area contributed by atoms with Crippen molar-refractivity contribution in [3.63, 3.8) is 0 Å². The van der Waals surface area contributed by atoms with E-state index in [1.54, 1.807) is 30.3 Å². The third kappa shape index (κ3) is 4.04. The molecule has 0 saturated heterocycles. The van der Waals surface area contributed by atoms with E-state index in [-0.39, 0.29) is 0 Å². The fourth-order valence-corrected chi connectivity index (χ4v) is 3.46. The summed E-state index contributed by atoms with van der Waals surface area (Å²) in [5.74, 6) is -1.51. The number of carboxylic acid groups (broad SMARTS) is 1. The molecule has 1 atom stereocenters. The maximum Gasteiger partial charge on any atom is 0.416 e. The largest absolute Gasteiger partial charge is 0.480 e. The molecular weight excluding hydrogens is 353 g/mol. The first kappa shape index (κ1) is 19.1. The van der Waals surface area contributed by atoms with Crippen molar-refractivity contribution >= 4 is 22.8 Å². The number of halogens is 3. The predicted molar refractivity (Wildman–Crippen MR) is 90.1 cm³/mol. The van der Waals surface area contributed by atoms with Crippen molar-refractivity contribution in [3.8, 4) is 11.1 Å². The highest BCUT2D eigenvalue weighted by Crippen LogP contribution is 2.45. The summed E-state index contributed by atoms with van der Waals surface area (Å²) in [5, 5.41) is 8.89. The van der Waals surface area contributed by atoms with Crippen LogP contribution in [-0.4, -0.2) is 16.2 Å². The average Bonchev–Trinajstić information content (AvgIpc) is 2.53. The lowest BCUT2D eigenvalue weighted by molar-refractivity contribution is -0.142. The van der Waals surface area contributed by atoms with E-state index < -0.39 is 33.1 Å². The minimum atomic E-state index is -4.76. The molecule has 0 radical (unpaired) electrons. The zero-order valence-electron chi connectivity index (χ0n) is 13.4. The van der Waals surface area contributed by atoms with Crippen molar-refractivity contribution in [3.05, 3.63) is 59.7 Å². The van der Waals surface area contributed by atoms with Crippen LogP contribution in [-0.2, 0) is 20.5 Å². The van der Waals surface area contributed by atoms with Crippen LogP contribution in [0.2, 0.25) is 0 Å². The second-order valence-electron chi connectivity index (χ2n) is 5.56. The van der Waals surface area contributed by atoms with Crippen LogP contribution in [0.3, 0.4) is 0 Å². The third-order valence-corrected chi connectivity index (χ3v) is 4.79. The first-order valence-corrected chi connectivity index (χ1v) is 8.07. The quantitative estimate of drug-likeness (QED) is 0.829. The van der Waals surface area contributed by atoms with Gasteiger partial charge in [-0.05, 0) is 29.7 Å². The van der Waals surface area contributed by atoms with E-state index in [9.17, 15) is 27.9 Å². The van der Waals surface area contributed by atoms with Gasteiger partial charge in [-0.1, -0.05) is 54.2 Å². The molecule has 132 valence electrons. The lowest BCUT2D eigenvalue weighted by Gasteiger charge is -2.27. The van der Waals surface area contributed by atoms with Gasteiger partial charge in [0.05, 0.1) is 5.56 Å². The molecule has 0 bridgehead atoms. The van der Waals surface area contributed by atoms with Crippen molar-refractivity contribution in [1.82, 2.24) is 0 Å². The highest BCUT2D eigenvalue weighted by atomic mass is 32.2. The van der Waals surface area contributed by atoms with Crippen molar-refractivity contribution in [2.24, 2.45) is 0 Å². The minimum absolute atomic E-state index is 0.317. The summed E-state index contributed by atoms with van der Waals surface area (Å²) in [7, 11) is 0. The summed E-state index contributed by atoms with van der Waals surface area (Å²) in [4.78, 5) is 23.1. The Morgan fingerprint density at radius 2 is 1.56 bits per heavy atom. The summed E-state index contributed by atoms with van der Waals surface area (Å²) in [5.41, 5.74) is -0.618. The lowest BCUT2D eigenvalue weighted by Crippen LogP contribution is -2.32. The molecule has 0 aliphatic carbocycles. The summed E-state index contributed by atoms with van der Waals surface area (Å²) in [6.07, 6.45) is -4.76. The Morgan fingerprint density at radius 3 is 2.04 bits per heavy atom. The molecule has 0 spiro atoms. The molecule has 2 rings (SSSR count). The van der Waals surface area contributed by atoms with E-state index in [2.05, 4.69) is 0 Å². The van der Waals surface area contributed by atoms with Crippen LogP contribution in [0.15, 0.2) is 48.5 Å². The van der Waals surface area contributed by atoms with E-state index in [1.165, 1.54) is 6.07 Å². The van der Waals surface area contributed by atoms with Gasteiger partial charge in [0.2, 0.25) is 0 Å². The maximum absolute atomic E-state index is 13.6. The molecule has 0 amide bonds. The fraction of sp³-hybridized carbons (Fsp3) is 0.222. The van der Waals surface area contributed by atoms with Crippen molar-refractivity contribution in [1.29, 1.82) is 0 Å². The number of rotatable bonds is 4. The maximum atomic E-state index is 13.6. The SMILES string of the molecule is CC(=O)SC(C)(C(=O)O)c1ccc(-c2ccccc2)cc1C(F)(F)F. The van der Waals surface area contributed by atoms with Crippen LogP contribution in [0.4, 0.5) is 13.2 Å². The second kappa shape index (κ2) is 6.92. The minimum Gasteiger partial charge on any atom is -0.480 e.